The molecule has 8 nitrogen and oxygen atoms in total. The van der Waals surface area contributed by atoms with E-state index in [1.165, 1.54) is 4.31 Å². The number of sulfonamides is 1. The van der Waals surface area contributed by atoms with Gasteiger partial charge in [-0.15, -0.1) is 0 Å². The highest BCUT2D eigenvalue weighted by atomic mass is 32.2. The van der Waals surface area contributed by atoms with Gasteiger partial charge in [-0.05, 0) is 37.0 Å². The largest absolute Gasteiger partial charge is 0.456 e. The molecular weight excluding hydrogens is 396 g/mol. The van der Waals surface area contributed by atoms with Crippen molar-refractivity contribution in [2.24, 2.45) is 0 Å². The molecule has 1 aromatic rings. The zero-order valence-corrected chi connectivity index (χ0v) is 17.9. The SMILES string of the molecule is CCC(CC)NC(=O)COC(=O)CCc1ccc(S(=O)(=O)N2CCOCC2)cc1. The summed E-state index contributed by atoms with van der Waals surface area (Å²) in [6.45, 7) is 5.17. The number of carbonyl (C=O) groups excluding carboxylic acids is 2. The first kappa shape index (κ1) is 23.3. The van der Waals surface area contributed by atoms with Crippen molar-refractivity contribution in [2.45, 2.75) is 50.5 Å². The van der Waals surface area contributed by atoms with Gasteiger partial charge in [0.1, 0.15) is 0 Å². The van der Waals surface area contributed by atoms with Gasteiger partial charge in [-0.3, -0.25) is 9.59 Å². The molecule has 1 aliphatic heterocycles. The molecule has 0 atom stereocenters. The third-order valence-corrected chi connectivity index (χ3v) is 6.78. The molecule has 1 aliphatic rings. The fraction of sp³-hybridized carbons (Fsp3) is 0.600. The van der Waals surface area contributed by atoms with Crippen LogP contribution < -0.4 is 5.32 Å². The molecule has 29 heavy (non-hydrogen) atoms. The molecule has 1 fully saturated rings. The molecule has 0 aromatic heterocycles. The van der Waals surface area contributed by atoms with E-state index < -0.39 is 16.0 Å². The Hall–Kier alpha value is -1.97. The average molecular weight is 427 g/mol. The fourth-order valence-corrected chi connectivity index (χ4v) is 4.40. The predicted octanol–water partition coefficient (Wildman–Crippen LogP) is 1.49. The smallest absolute Gasteiger partial charge is 0.306 e. The minimum Gasteiger partial charge on any atom is -0.456 e. The summed E-state index contributed by atoms with van der Waals surface area (Å²) >= 11 is 0. The van der Waals surface area contributed by atoms with Gasteiger partial charge in [-0.25, -0.2) is 8.42 Å². The number of morpholine rings is 1. The maximum Gasteiger partial charge on any atom is 0.306 e. The second kappa shape index (κ2) is 11.3. The van der Waals surface area contributed by atoms with Crippen molar-refractivity contribution in [1.82, 2.24) is 9.62 Å². The van der Waals surface area contributed by atoms with E-state index in [4.69, 9.17) is 9.47 Å². The van der Waals surface area contributed by atoms with Crippen LogP contribution in [0, 0.1) is 0 Å². The molecule has 162 valence electrons. The van der Waals surface area contributed by atoms with E-state index in [9.17, 15) is 18.0 Å². The predicted molar refractivity (Wildman–Crippen MR) is 108 cm³/mol. The van der Waals surface area contributed by atoms with Gasteiger partial charge in [0, 0.05) is 25.6 Å². The summed E-state index contributed by atoms with van der Waals surface area (Å²) in [5, 5.41) is 2.81. The van der Waals surface area contributed by atoms with Gasteiger partial charge in [0.25, 0.3) is 5.91 Å². The molecule has 2 rings (SSSR count). The highest BCUT2D eigenvalue weighted by molar-refractivity contribution is 7.89. The number of ether oxygens (including phenoxy) is 2. The van der Waals surface area contributed by atoms with Crippen LogP contribution in [0.3, 0.4) is 0 Å². The van der Waals surface area contributed by atoms with Gasteiger partial charge in [0.2, 0.25) is 10.0 Å². The molecule has 1 heterocycles. The molecule has 0 unspecified atom stereocenters. The van der Waals surface area contributed by atoms with Crippen LogP contribution in [-0.4, -0.2) is 63.6 Å². The Morgan fingerprint density at radius 3 is 2.34 bits per heavy atom. The van der Waals surface area contributed by atoms with Crippen molar-refractivity contribution in [3.8, 4) is 0 Å². The normalized spacial score (nSPS) is 15.3. The summed E-state index contributed by atoms with van der Waals surface area (Å²) in [7, 11) is -3.53. The van der Waals surface area contributed by atoms with Gasteiger partial charge in [-0.2, -0.15) is 4.31 Å². The van der Waals surface area contributed by atoms with E-state index in [0.717, 1.165) is 18.4 Å². The Labute approximate surface area is 172 Å². The Morgan fingerprint density at radius 1 is 1.14 bits per heavy atom. The molecule has 1 amide bonds. The lowest BCUT2D eigenvalue weighted by atomic mass is 10.1. The number of nitrogens with one attached hydrogen (secondary N) is 1. The third-order valence-electron chi connectivity index (χ3n) is 4.86. The standard InChI is InChI=1S/C20H30N2O6S/c1-3-17(4-2)21-19(23)15-28-20(24)10-7-16-5-8-18(9-6-16)29(25,26)22-11-13-27-14-12-22/h5-6,8-9,17H,3-4,7,10-15H2,1-2H3,(H,21,23). The van der Waals surface area contributed by atoms with Crippen molar-refractivity contribution in [1.29, 1.82) is 0 Å². The number of hydrogen-bond donors (Lipinski definition) is 1. The summed E-state index contributed by atoms with van der Waals surface area (Å²) < 4.78 is 36.8. The van der Waals surface area contributed by atoms with Crippen LogP contribution in [0.25, 0.3) is 0 Å². The Bertz CT molecular complexity index is 769. The second-order valence-electron chi connectivity index (χ2n) is 6.90. The van der Waals surface area contributed by atoms with Crippen LogP contribution in [0.1, 0.15) is 38.7 Å². The van der Waals surface area contributed by atoms with Crippen LogP contribution in [0.4, 0.5) is 0 Å². The van der Waals surface area contributed by atoms with Crippen molar-refractivity contribution in [3.05, 3.63) is 29.8 Å². The zero-order valence-electron chi connectivity index (χ0n) is 17.1. The van der Waals surface area contributed by atoms with Gasteiger partial charge < -0.3 is 14.8 Å². The number of aryl methyl sites for hydroxylation is 1. The average Bonchev–Trinajstić information content (AvgIpc) is 2.75. The highest BCUT2D eigenvalue weighted by Crippen LogP contribution is 2.18. The lowest BCUT2D eigenvalue weighted by Gasteiger charge is -2.26. The van der Waals surface area contributed by atoms with Gasteiger partial charge in [-0.1, -0.05) is 26.0 Å². The topological polar surface area (TPSA) is 102 Å². The maximum atomic E-state index is 12.6. The van der Waals surface area contributed by atoms with Crippen LogP contribution >= 0.6 is 0 Å². The Morgan fingerprint density at radius 2 is 1.76 bits per heavy atom. The van der Waals surface area contributed by atoms with Crippen LogP contribution in [0.15, 0.2) is 29.2 Å². The number of amides is 1. The molecule has 1 aromatic carbocycles. The summed E-state index contributed by atoms with van der Waals surface area (Å²) in [5.74, 6) is -0.764. The van der Waals surface area contributed by atoms with Crippen LogP contribution in [0.2, 0.25) is 0 Å². The second-order valence-corrected chi connectivity index (χ2v) is 8.84. The zero-order chi connectivity index (χ0) is 21.3. The first-order valence-electron chi connectivity index (χ1n) is 9.98. The molecule has 0 spiro atoms. The van der Waals surface area contributed by atoms with Gasteiger partial charge in [0.05, 0.1) is 18.1 Å². The van der Waals surface area contributed by atoms with Crippen LogP contribution in [0.5, 0.6) is 0 Å². The van der Waals surface area contributed by atoms with Crippen molar-refractivity contribution >= 4 is 21.9 Å². The number of rotatable bonds is 10. The van der Waals surface area contributed by atoms with Crippen LogP contribution in [-0.2, 0) is 35.5 Å². The molecule has 0 saturated carbocycles. The third kappa shape index (κ3) is 7.09. The van der Waals surface area contributed by atoms with E-state index in [0.29, 0.717) is 32.7 Å². The molecule has 0 bridgehead atoms. The van der Waals surface area contributed by atoms with E-state index in [1.807, 2.05) is 13.8 Å². The lowest BCUT2D eigenvalue weighted by Crippen LogP contribution is -2.40. The molecular formula is C20H30N2O6S. The monoisotopic (exact) mass is 426 g/mol. The highest BCUT2D eigenvalue weighted by Gasteiger charge is 2.26. The summed E-state index contributed by atoms with van der Waals surface area (Å²) in [6, 6.07) is 6.58. The molecule has 1 N–H and O–H groups in total. The molecule has 0 aliphatic carbocycles. The Balaban J connectivity index is 1.79. The Kier molecular flexibility index (Phi) is 9.06. The van der Waals surface area contributed by atoms with Crippen molar-refractivity contribution in [2.75, 3.05) is 32.9 Å². The number of nitrogens with zero attached hydrogens (tertiary/aromatic N) is 1. The lowest BCUT2D eigenvalue weighted by molar-refractivity contribution is -0.148. The molecule has 9 heteroatoms. The summed E-state index contributed by atoms with van der Waals surface area (Å²) in [6.07, 6.45) is 2.18. The minimum atomic E-state index is -3.53. The first-order valence-corrected chi connectivity index (χ1v) is 11.4. The van der Waals surface area contributed by atoms with E-state index in [1.54, 1.807) is 24.3 Å². The quantitative estimate of drug-likeness (QED) is 0.569. The fourth-order valence-electron chi connectivity index (χ4n) is 2.99. The van der Waals surface area contributed by atoms with Gasteiger partial charge >= 0.3 is 5.97 Å². The molecule has 0 radical (unpaired) electrons. The summed E-state index contributed by atoms with van der Waals surface area (Å²) in [4.78, 5) is 23.8. The van der Waals surface area contributed by atoms with E-state index in [2.05, 4.69) is 5.32 Å². The maximum absolute atomic E-state index is 12.6. The number of hydrogen-bond acceptors (Lipinski definition) is 6. The first-order chi connectivity index (χ1) is 13.9. The summed E-state index contributed by atoms with van der Waals surface area (Å²) in [5.41, 5.74) is 0.823. The minimum absolute atomic E-state index is 0.0912. The van der Waals surface area contributed by atoms with E-state index in [-0.39, 0.29) is 29.9 Å². The van der Waals surface area contributed by atoms with E-state index >= 15 is 0 Å². The van der Waals surface area contributed by atoms with Gasteiger partial charge in [0.15, 0.2) is 6.61 Å². The van der Waals surface area contributed by atoms with Crippen molar-refractivity contribution < 1.29 is 27.5 Å². The number of carbonyl (C=O) groups is 2. The number of esters is 1. The number of benzene rings is 1. The molecule has 1 saturated heterocycles. The van der Waals surface area contributed by atoms with Crippen molar-refractivity contribution in [3.63, 3.8) is 0 Å².